The van der Waals surface area contributed by atoms with Gasteiger partial charge in [0.2, 0.25) is 5.16 Å². The molecule has 0 bridgehead atoms. The maximum Gasteiger partial charge on any atom is 0.209 e. The van der Waals surface area contributed by atoms with Gasteiger partial charge in [0.1, 0.15) is 0 Å². The number of halogens is 2. The lowest BCUT2D eigenvalue weighted by Crippen LogP contribution is -2.02. The summed E-state index contributed by atoms with van der Waals surface area (Å²) in [5.41, 5.74) is 1.57. The Morgan fingerprint density at radius 2 is 1.83 bits per heavy atom. The summed E-state index contributed by atoms with van der Waals surface area (Å²) in [6.07, 6.45) is 0. The third-order valence-electron chi connectivity index (χ3n) is 3.08. The molecule has 1 N–H and O–H groups in total. The molecule has 0 saturated heterocycles. The van der Waals surface area contributed by atoms with Crippen LogP contribution in [0.3, 0.4) is 0 Å². The number of H-pyrrole nitrogens is 1. The van der Waals surface area contributed by atoms with E-state index in [0.717, 1.165) is 10.0 Å². The van der Waals surface area contributed by atoms with Gasteiger partial charge < -0.3 is 0 Å². The number of nitrogens with one attached hydrogen (secondary N) is 1. The molecule has 0 aliphatic heterocycles. The molecule has 0 fully saturated rings. The molecule has 0 atom stereocenters. The second-order valence-corrected chi connectivity index (χ2v) is 6.99. The number of Topliss-reactive ketones (excluding diaryl/α,β-unsaturated/α-hetero) is 1. The summed E-state index contributed by atoms with van der Waals surface area (Å²) in [5.74, 6) is 0.972. The average Bonchev–Trinajstić information content (AvgIpc) is 3.03. The van der Waals surface area contributed by atoms with Crippen LogP contribution in [-0.4, -0.2) is 26.7 Å². The van der Waals surface area contributed by atoms with Crippen LogP contribution < -0.4 is 0 Å². The van der Waals surface area contributed by atoms with Crippen molar-refractivity contribution >= 4 is 45.1 Å². The fourth-order valence-corrected chi connectivity index (χ4v) is 2.98. The lowest BCUT2D eigenvalue weighted by atomic mass is 10.1. The van der Waals surface area contributed by atoms with Gasteiger partial charge >= 0.3 is 0 Å². The van der Waals surface area contributed by atoms with E-state index in [2.05, 4.69) is 31.1 Å². The Labute approximate surface area is 150 Å². The highest BCUT2D eigenvalue weighted by molar-refractivity contribution is 9.10. The van der Waals surface area contributed by atoms with Crippen molar-refractivity contribution in [1.82, 2.24) is 15.2 Å². The zero-order chi connectivity index (χ0) is 16.2. The number of rotatable bonds is 5. The first-order valence-corrected chi connectivity index (χ1v) is 8.87. The minimum atomic E-state index is 0.0154. The largest absolute Gasteiger partial charge is 0.293 e. The van der Waals surface area contributed by atoms with Gasteiger partial charge in [-0.1, -0.05) is 51.4 Å². The number of hydrogen-bond acceptors (Lipinski definition) is 4. The van der Waals surface area contributed by atoms with E-state index < -0.39 is 0 Å². The summed E-state index contributed by atoms with van der Waals surface area (Å²) in [5, 5.41) is 8.18. The normalized spacial score (nSPS) is 10.7. The number of aromatic amines is 1. The van der Waals surface area contributed by atoms with Gasteiger partial charge in [-0.3, -0.25) is 9.89 Å². The van der Waals surface area contributed by atoms with Crippen LogP contribution in [0.2, 0.25) is 5.02 Å². The first-order valence-electron chi connectivity index (χ1n) is 6.72. The van der Waals surface area contributed by atoms with Crippen molar-refractivity contribution < 1.29 is 4.79 Å². The molecule has 23 heavy (non-hydrogen) atoms. The van der Waals surface area contributed by atoms with Gasteiger partial charge in [0.05, 0.1) is 5.75 Å². The molecule has 4 nitrogen and oxygen atoms in total. The summed E-state index contributed by atoms with van der Waals surface area (Å²) < 4.78 is 1.00. The van der Waals surface area contributed by atoms with Gasteiger partial charge in [-0.25, -0.2) is 4.98 Å². The van der Waals surface area contributed by atoms with Crippen LogP contribution in [0, 0.1) is 0 Å². The number of thioether (sulfide) groups is 1. The number of benzene rings is 2. The van der Waals surface area contributed by atoms with Gasteiger partial charge in [0, 0.05) is 20.6 Å². The van der Waals surface area contributed by atoms with Crippen LogP contribution in [0.15, 0.2) is 58.2 Å². The van der Waals surface area contributed by atoms with Crippen LogP contribution in [0.1, 0.15) is 10.4 Å². The zero-order valence-corrected chi connectivity index (χ0v) is 15.0. The molecule has 0 aliphatic carbocycles. The molecule has 116 valence electrons. The molecular formula is C16H11BrClN3OS. The van der Waals surface area contributed by atoms with Crippen molar-refractivity contribution in [2.24, 2.45) is 0 Å². The van der Waals surface area contributed by atoms with E-state index in [1.807, 2.05) is 24.3 Å². The van der Waals surface area contributed by atoms with Crippen molar-refractivity contribution in [1.29, 1.82) is 0 Å². The molecule has 0 saturated carbocycles. The Hall–Kier alpha value is -1.63. The minimum Gasteiger partial charge on any atom is -0.293 e. The molecule has 1 heterocycles. The molecular weight excluding hydrogens is 398 g/mol. The maximum atomic E-state index is 12.1. The highest BCUT2D eigenvalue weighted by atomic mass is 79.9. The topological polar surface area (TPSA) is 58.6 Å². The van der Waals surface area contributed by atoms with E-state index in [-0.39, 0.29) is 11.5 Å². The monoisotopic (exact) mass is 407 g/mol. The molecule has 0 amide bonds. The van der Waals surface area contributed by atoms with Crippen LogP contribution in [0.5, 0.6) is 0 Å². The third kappa shape index (κ3) is 4.22. The maximum absolute atomic E-state index is 12.1. The van der Waals surface area contributed by atoms with Crippen LogP contribution in [-0.2, 0) is 0 Å². The summed E-state index contributed by atoms with van der Waals surface area (Å²) in [7, 11) is 0. The molecule has 1 aromatic heterocycles. The van der Waals surface area contributed by atoms with Crippen LogP contribution in [0.4, 0.5) is 0 Å². The van der Waals surface area contributed by atoms with Gasteiger partial charge in [-0.05, 0) is 36.4 Å². The first-order chi connectivity index (χ1) is 11.1. The second kappa shape index (κ2) is 7.29. The molecule has 3 rings (SSSR count). The van der Waals surface area contributed by atoms with Crippen molar-refractivity contribution in [3.05, 3.63) is 63.6 Å². The molecule has 0 aliphatic rings. The molecule has 0 radical (unpaired) electrons. The van der Waals surface area contributed by atoms with E-state index in [1.165, 1.54) is 11.8 Å². The number of ketones is 1. The second-order valence-electron chi connectivity index (χ2n) is 4.69. The van der Waals surface area contributed by atoms with E-state index in [1.54, 1.807) is 24.3 Å². The molecule has 2 aromatic carbocycles. The predicted octanol–water partition coefficient (Wildman–Crippen LogP) is 4.86. The van der Waals surface area contributed by atoms with Crippen LogP contribution >= 0.6 is 39.3 Å². The Morgan fingerprint density at radius 1 is 1.13 bits per heavy atom. The molecule has 0 spiro atoms. The Balaban J connectivity index is 1.64. The minimum absolute atomic E-state index is 0.0154. The highest BCUT2D eigenvalue weighted by Gasteiger charge is 2.10. The van der Waals surface area contributed by atoms with Crippen LogP contribution in [0.25, 0.3) is 11.4 Å². The molecule has 0 unspecified atom stereocenters. The Kier molecular flexibility index (Phi) is 5.15. The number of aromatic nitrogens is 3. The van der Waals surface area contributed by atoms with E-state index in [0.29, 0.717) is 21.6 Å². The van der Waals surface area contributed by atoms with Crippen molar-refractivity contribution in [2.75, 3.05) is 5.75 Å². The summed E-state index contributed by atoms with van der Waals surface area (Å²) >= 11 is 10.5. The van der Waals surface area contributed by atoms with Crippen molar-refractivity contribution in [3.63, 3.8) is 0 Å². The molecule has 7 heteroatoms. The Bertz CT molecular complexity index is 818. The first kappa shape index (κ1) is 16.2. The van der Waals surface area contributed by atoms with Gasteiger partial charge in [-0.15, -0.1) is 5.10 Å². The van der Waals surface area contributed by atoms with Gasteiger partial charge in [0.15, 0.2) is 11.6 Å². The van der Waals surface area contributed by atoms with Crippen molar-refractivity contribution in [3.8, 4) is 11.4 Å². The number of hydrogen-bond donors (Lipinski definition) is 1. The summed E-state index contributed by atoms with van der Waals surface area (Å²) in [6.45, 7) is 0. The Morgan fingerprint density at radius 3 is 2.52 bits per heavy atom. The van der Waals surface area contributed by atoms with E-state index in [9.17, 15) is 4.79 Å². The molecule has 3 aromatic rings. The smallest absolute Gasteiger partial charge is 0.209 e. The van der Waals surface area contributed by atoms with Gasteiger partial charge in [-0.2, -0.15) is 0 Å². The summed E-state index contributed by atoms with van der Waals surface area (Å²) in [6, 6.07) is 14.6. The standard InChI is InChI=1S/C16H11BrClN3OS/c17-12-5-1-11(2-6-12)15-19-16(21-20-15)23-9-14(22)10-3-7-13(18)8-4-10/h1-8H,9H2,(H,19,20,21). The number of carbonyl (C=O) groups is 1. The van der Waals surface area contributed by atoms with Crippen molar-refractivity contribution in [2.45, 2.75) is 5.16 Å². The van der Waals surface area contributed by atoms with E-state index in [4.69, 9.17) is 11.6 Å². The third-order valence-corrected chi connectivity index (χ3v) is 4.71. The quantitative estimate of drug-likeness (QED) is 0.484. The number of nitrogens with zero attached hydrogens (tertiary/aromatic N) is 2. The van der Waals surface area contributed by atoms with Gasteiger partial charge in [0.25, 0.3) is 0 Å². The number of carbonyl (C=O) groups excluding carboxylic acids is 1. The highest BCUT2D eigenvalue weighted by Crippen LogP contribution is 2.22. The SMILES string of the molecule is O=C(CSc1n[nH]c(-c2ccc(Br)cc2)n1)c1ccc(Cl)cc1. The zero-order valence-electron chi connectivity index (χ0n) is 11.8. The summed E-state index contributed by atoms with van der Waals surface area (Å²) in [4.78, 5) is 16.5. The van der Waals surface area contributed by atoms with E-state index >= 15 is 0 Å². The predicted molar refractivity (Wildman–Crippen MR) is 96.0 cm³/mol. The fourth-order valence-electron chi connectivity index (χ4n) is 1.90. The average molecular weight is 409 g/mol. The fraction of sp³-hybridized carbons (Fsp3) is 0.0625. The lowest BCUT2D eigenvalue weighted by Gasteiger charge is -1.99. The lowest BCUT2D eigenvalue weighted by molar-refractivity contribution is 0.102.